The fourth-order valence-corrected chi connectivity index (χ4v) is 2.75. The Balaban J connectivity index is 1.91. The molecule has 0 spiro atoms. The van der Waals surface area contributed by atoms with Crippen molar-refractivity contribution in [1.29, 1.82) is 0 Å². The first-order chi connectivity index (χ1) is 12.0. The number of hydrogen-bond acceptors (Lipinski definition) is 2. The van der Waals surface area contributed by atoms with Crippen LogP contribution in [0.5, 0.6) is 0 Å². The van der Waals surface area contributed by atoms with Crippen LogP contribution in [0.15, 0.2) is 58.3 Å². The average Bonchev–Trinajstić information content (AvgIpc) is 2.89. The zero-order valence-electron chi connectivity index (χ0n) is 13.9. The summed E-state index contributed by atoms with van der Waals surface area (Å²) in [6.07, 6.45) is 0. The van der Waals surface area contributed by atoms with Crippen LogP contribution in [0, 0.1) is 12.7 Å². The summed E-state index contributed by atoms with van der Waals surface area (Å²) in [5.74, 6) is -0.346. The maximum Gasteiger partial charge on any atom is 0.280 e. The van der Waals surface area contributed by atoms with Crippen molar-refractivity contribution in [3.05, 3.63) is 86.5 Å². The summed E-state index contributed by atoms with van der Waals surface area (Å²) >= 11 is 5.88. The first-order valence-electron chi connectivity index (χ1n) is 7.79. The number of aromatic amines is 1. The number of halogens is 2. The molecule has 3 rings (SSSR count). The topological polar surface area (TPSA) is 50.1 Å². The third-order valence-corrected chi connectivity index (χ3v) is 4.18. The third-order valence-electron chi connectivity index (χ3n) is 3.93. The molecule has 0 unspecified atom stereocenters. The molecule has 0 aliphatic heterocycles. The second-order valence-electron chi connectivity index (χ2n) is 5.76. The van der Waals surface area contributed by atoms with Crippen LogP contribution in [0.1, 0.15) is 23.7 Å². The highest BCUT2D eigenvalue weighted by Crippen LogP contribution is 2.12. The molecule has 0 amide bonds. The molecular formula is C19H17ClFN3O. The largest absolute Gasteiger partial charge is 0.295 e. The molecule has 0 atom stereocenters. The van der Waals surface area contributed by atoms with Crippen molar-refractivity contribution in [3.8, 4) is 5.69 Å². The molecule has 4 nitrogen and oxygen atoms in total. The second-order valence-corrected chi connectivity index (χ2v) is 6.19. The zero-order valence-corrected chi connectivity index (χ0v) is 14.6. The Morgan fingerprint density at radius 1 is 1.16 bits per heavy atom. The fourth-order valence-electron chi connectivity index (χ4n) is 2.62. The first-order valence-corrected chi connectivity index (χ1v) is 8.17. The summed E-state index contributed by atoms with van der Waals surface area (Å²) in [6, 6.07) is 13.2. The molecule has 1 heterocycles. The van der Waals surface area contributed by atoms with E-state index in [1.54, 1.807) is 12.1 Å². The molecule has 0 radical (unpaired) electrons. The quantitative estimate of drug-likeness (QED) is 0.696. The fraction of sp³-hybridized carbons (Fsp3) is 0.158. The highest BCUT2D eigenvalue weighted by molar-refractivity contribution is 6.30. The normalized spacial score (nSPS) is 11.8. The molecule has 2 aromatic carbocycles. The molecule has 1 N–H and O–H groups in total. The van der Waals surface area contributed by atoms with Gasteiger partial charge in [-0.1, -0.05) is 23.7 Å². The zero-order chi connectivity index (χ0) is 18.0. The Morgan fingerprint density at radius 3 is 2.44 bits per heavy atom. The van der Waals surface area contributed by atoms with Crippen LogP contribution in [0.25, 0.3) is 5.69 Å². The van der Waals surface area contributed by atoms with Crippen LogP contribution in [-0.4, -0.2) is 15.5 Å². The molecule has 0 saturated carbocycles. The number of aliphatic imine (C=N–C) groups is 1. The number of nitrogens with one attached hydrogen (secondary N) is 1. The van der Waals surface area contributed by atoms with Gasteiger partial charge in [0.05, 0.1) is 17.8 Å². The Hall–Kier alpha value is -2.66. The van der Waals surface area contributed by atoms with Crippen LogP contribution >= 0.6 is 11.6 Å². The van der Waals surface area contributed by atoms with Crippen molar-refractivity contribution in [2.45, 2.75) is 20.4 Å². The van der Waals surface area contributed by atoms with E-state index in [1.807, 2.05) is 38.1 Å². The lowest BCUT2D eigenvalue weighted by atomic mass is 10.1. The van der Waals surface area contributed by atoms with E-state index in [4.69, 9.17) is 11.6 Å². The van der Waals surface area contributed by atoms with Crippen molar-refractivity contribution in [2.75, 3.05) is 0 Å². The first kappa shape index (κ1) is 17.2. The van der Waals surface area contributed by atoms with Gasteiger partial charge in [0.15, 0.2) is 0 Å². The Bertz CT molecular complexity index is 969. The van der Waals surface area contributed by atoms with Gasteiger partial charge in [-0.15, -0.1) is 0 Å². The summed E-state index contributed by atoms with van der Waals surface area (Å²) < 4.78 is 14.5. The third kappa shape index (κ3) is 3.72. The van der Waals surface area contributed by atoms with Gasteiger partial charge >= 0.3 is 0 Å². The van der Waals surface area contributed by atoms with Gasteiger partial charge < -0.3 is 0 Å². The van der Waals surface area contributed by atoms with E-state index in [0.29, 0.717) is 34.2 Å². The lowest BCUT2D eigenvalue weighted by Gasteiger charge is -2.01. The lowest BCUT2D eigenvalue weighted by molar-refractivity contribution is 0.627. The molecular weight excluding hydrogens is 341 g/mol. The lowest BCUT2D eigenvalue weighted by Crippen LogP contribution is -2.19. The number of aryl methyl sites for hydroxylation is 1. The molecule has 25 heavy (non-hydrogen) atoms. The van der Waals surface area contributed by atoms with E-state index in [2.05, 4.69) is 10.1 Å². The van der Waals surface area contributed by atoms with Crippen molar-refractivity contribution < 1.29 is 4.39 Å². The van der Waals surface area contributed by atoms with Crippen molar-refractivity contribution in [2.24, 2.45) is 4.99 Å². The Labute approximate surface area is 149 Å². The van der Waals surface area contributed by atoms with E-state index < -0.39 is 0 Å². The van der Waals surface area contributed by atoms with Gasteiger partial charge in [0, 0.05) is 16.4 Å². The Morgan fingerprint density at radius 2 is 1.80 bits per heavy atom. The standard InChI is InChI=1S/C19H17ClFN3O/c1-12(22-11-14-3-5-15(20)6-4-14)18-13(2)23-24(19(18)25)17-9-7-16(21)8-10-17/h3-10,23H,11H2,1-2H3. The second kappa shape index (κ2) is 7.07. The maximum absolute atomic E-state index is 13.1. The average molecular weight is 358 g/mol. The summed E-state index contributed by atoms with van der Waals surface area (Å²) in [6.45, 7) is 4.09. The van der Waals surface area contributed by atoms with E-state index in [0.717, 1.165) is 5.56 Å². The monoisotopic (exact) mass is 357 g/mol. The minimum Gasteiger partial charge on any atom is -0.295 e. The summed E-state index contributed by atoms with van der Waals surface area (Å²) in [5, 5.41) is 3.69. The van der Waals surface area contributed by atoms with E-state index in [1.165, 1.54) is 16.8 Å². The van der Waals surface area contributed by atoms with E-state index in [9.17, 15) is 9.18 Å². The summed E-state index contributed by atoms with van der Waals surface area (Å²) in [7, 11) is 0. The number of benzene rings is 2. The van der Waals surface area contributed by atoms with Crippen LogP contribution in [0.2, 0.25) is 5.02 Å². The molecule has 0 fully saturated rings. The molecule has 0 aliphatic rings. The number of nitrogens with zero attached hydrogens (tertiary/aromatic N) is 2. The number of rotatable bonds is 4. The smallest absolute Gasteiger partial charge is 0.280 e. The van der Waals surface area contributed by atoms with Crippen molar-refractivity contribution in [3.63, 3.8) is 0 Å². The van der Waals surface area contributed by atoms with Gasteiger partial charge in [-0.2, -0.15) is 0 Å². The highest BCUT2D eigenvalue weighted by Gasteiger charge is 2.14. The van der Waals surface area contributed by atoms with Crippen molar-refractivity contribution >= 4 is 17.3 Å². The van der Waals surface area contributed by atoms with Gasteiger partial charge in [0.25, 0.3) is 5.56 Å². The molecule has 0 bridgehead atoms. The molecule has 6 heteroatoms. The number of aromatic nitrogens is 2. The minimum atomic E-state index is -0.346. The summed E-state index contributed by atoms with van der Waals surface area (Å²) in [5.41, 5.74) is 3.27. The highest BCUT2D eigenvalue weighted by atomic mass is 35.5. The van der Waals surface area contributed by atoms with Gasteiger partial charge in [0.2, 0.25) is 0 Å². The molecule has 128 valence electrons. The number of H-pyrrole nitrogens is 1. The summed E-state index contributed by atoms with van der Waals surface area (Å²) in [4.78, 5) is 17.2. The van der Waals surface area contributed by atoms with Crippen LogP contribution in [-0.2, 0) is 6.54 Å². The maximum atomic E-state index is 13.1. The predicted octanol–water partition coefficient (Wildman–Crippen LogP) is 4.28. The molecule has 1 aromatic heterocycles. The molecule has 0 saturated heterocycles. The number of hydrogen-bond donors (Lipinski definition) is 1. The van der Waals surface area contributed by atoms with Crippen LogP contribution < -0.4 is 5.56 Å². The van der Waals surface area contributed by atoms with Crippen LogP contribution in [0.3, 0.4) is 0 Å². The van der Waals surface area contributed by atoms with Gasteiger partial charge in [-0.05, 0) is 55.8 Å². The van der Waals surface area contributed by atoms with E-state index >= 15 is 0 Å². The van der Waals surface area contributed by atoms with Gasteiger partial charge in [0.1, 0.15) is 5.82 Å². The SMILES string of the molecule is CC(=NCc1ccc(Cl)cc1)c1c(C)[nH]n(-c2ccc(F)cc2)c1=O. The Kier molecular flexibility index (Phi) is 4.86. The van der Waals surface area contributed by atoms with E-state index in [-0.39, 0.29) is 11.4 Å². The van der Waals surface area contributed by atoms with Gasteiger partial charge in [-0.25, -0.2) is 9.07 Å². The molecule has 3 aromatic rings. The molecule has 0 aliphatic carbocycles. The minimum absolute atomic E-state index is 0.207. The van der Waals surface area contributed by atoms with Crippen LogP contribution in [0.4, 0.5) is 4.39 Å². The van der Waals surface area contributed by atoms with Gasteiger partial charge in [-0.3, -0.25) is 14.9 Å². The predicted molar refractivity (Wildman–Crippen MR) is 98.5 cm³/mol. The van der Waals surface area contributed by atoms with Crippen molar-refractivity contribution in [1.82, 2.24) is 9.78 Å².